The molecule has 8 heteroatoms. The molecular weight excluding hydrogens is 374 g/mol. The van der Waals surface area contributed by atoms with Gasteiger partial charge in [0.05, 0.1) is 25.1 Å². The Balaban J connectivity index is 2.00. The third kappa shape index (κ3) is 3.73. The summed E-state index contributed by atoms with van der Waals surface area (Å²) < 4.78 is 13.0. The summed E-state index contributed by atoms with van der Waals surface area (Å²) >= 11 is 0. The number of fused-ring (bicyclic) bond motifs is 1. The number of benzene rings is 2. The van der Waals surface area contributed by atoms with Crippen molar-refractivity contribution in [2.75, 3.05) is 19.5 Å². The van der Waals surface area contributed by atoms with Gasteiger partial charge >= 0.3 is 5.69 Å². The monoisotopic (exact) mass is 397 g/mol. The highest BCUT2D eigenvalue weighted by atomic mass is 16.5. The van der Waals surface area contributed by atoms with Gasteiger partial charge in [0.15, 0.2) is 11.5 Å². The van der Waals surface area contributed by atoms with Crippen LogP contribution >= 0.6 is 0 Å². The molecule has 1 aromatic heterocycles. The van der Waals surface area contributed by atoms with Gasteiger partial charge in [0.1, 0.15) is 6.54 Å². The van der Waals surface area contributed by atoms with Crippen molar-refractivity contribution in [3.05, 3.63) is 62.8 Å². The van der Waals surface area contributed by atoms with Crippen molar-refractivity contribution < 1.29 is 14.3 Å². The lowest BCUT2D eigenvalue weighted by Crippen LogP contribution is -2.41. The molecule has 0 aliphatic heterocycles. The van der Waals surface area contributed by atoms with Crippen molar-refractivity contribution in [1.82, 2.24) is 9.13 Å². The summed E-state index contributed by atoms with van der Waals surface area (Å²) in [5.74, 6) is 0.643. The van der Waals surface area contributed by atoms with Crippen molar-refractivity contribution in [2.45, 2.75) is 26.9 Å². The predicted octanol–water partition coefficient (Wildman–Crippen LogP) is 2.15. The number of ether oxygens (including phenoxy) is 2. The Labute approximate surface area is 167 Å². The summed E-state index contributed by atoms with van der Waals surface area (Å²) in [5.41, 5.74) is 0.878. The molecule has 0 fully saturated rings. The van der Waals surface area contributed by atoms with Crippen LogP contribution < -0.4 is 26.0 Å². The third-order valence-electron chi connectivity index (χ3n) is 4.75. The molecular formula is C21H23N3O5. The van der Waals surface area contributed by atoms with Gasteiger partial charge in [-0.05, 0) is 37.6 Å². The van der Waals surface area contributed by atoms with E-state index < -0.39 is 11.6 Å². The van der Waals surface area contributed by atoms with Crippen molar-refractivity contribution in [2.24, 2.45) is 0 Å². The lowest BCUT2D eigenvalue weighted by molar-refractivity contribution is -0.116. The van der Waals surface area contributed by atoms with E-state index in [4.69, 9.17) is 9.47 Å². The molecule has 0 atom stereocenters. The second-order valence-corrected chi connectivity index (χ2v) is 6.51. The van der Waals surface area contributed by atoms with Crippen LogP contribution in [0.3, 0.4) is 0 Å². The smallest absolute Gasteiger partial charge is 0.331 e. The fourth-order valence-corrected chi connectivity index (χ4v) is 3.25. The van der Waals surface area contributed by atoms with E-state index in [0.717, 1.165) is 10.1 Å². The third-order valence-corrected chi connectivity index (χ3v) is 4.75. The Morgan fingerprint density at radius 1 is 1.03 bits per heavy atom. The minimum absolute atomic E-state index is 0.221. The van der Waals surface area contributed by atoms with Crippen LogP contribution in [0, 0.1) is 6.92 Å². The maximum Gasteiger partial charge on any atom is 0.331 e. The summed E-state index contributed by atoms with van der Waals surface area (Å²) in [7, 11) is 3.05. The number of hydrogen-bond acceptors (Lipinski definition) is 5. The molecule has 0 radical (unpaired) electrons. The van der Waals surface area contributed by atoms with E-state index >= 15 is 0 Å². The highest BCUT2D eigenvalue weighted by Gasteiger charge is 2.16. The first-order valence-electron chi connectivity index (χ1n) is 9.16. The van der Waals surface area contributed by atoms with Crippen molar-refractivity contribution >= 4 is 22.5 Å². The second-order valence-electron chi connectivity index (χ2n) is 6.51. The number of rotatable bonds is 6. The summed E-state index contributed by atoms with van der Waals surface area (Å²) in [5, 5.41) is 3.20. The van der Waals surface area contributed by atoms with Crippen molar-refractivity contribution in [3.63, 3.8) is 0 Å². The molecule has 0 bridgehead atoms. The number of carbonyl (C=O) groups excluding carboxylic acids is 1. The van der Waals surface area contributed by atoms with Crippen LogP contribution in [0.4, 0.5) is 5.69 Å². The van der Waals surface area contributed by atoms with E-state index in [9.17, 15) is 14.4 Å². The lowest BCUT2D eigenvalue weighted by atomic mass is 10.1. The standard InChI is InChI=1S/C21H23N3O5/c1-5-23-20(26)14-8-6-7-9-16(14)24(21(23)27)12-19(25)22-15-11-18(29-4)17(28-3)10-13(15)2/h6-11H,5,12H2,1-4H3,(H,22,25). The van der Waals surface area contributed by atoms with Crippen LogP contribution in [0.1, 0.15) is 12.5 Å². The second kappa shape index (κ2) is 8.22. The van der Waals surface area contributed by atoms with Crippen LogP contribution in [0.5, 0.6) is 11.5 Å². The summed E-state index contributed by atoms with van der Waals surface area (Å²) in [6, 6.07) is 10.2. The number of methoxy groups -OCH3 is 2. The normalized spacial score (nSPS) is 10.8. The number of hydrogen-bond donors (Lipinski definition) is 1. The molecule has 0 unspecified atom stereocenters. The van der Waals surface area contributed by atoms with Crippen LogP contribution in [0.2, 0.25) is 0 Å². The van der Waals surface area contributed by atoms with Gasteiger partial charge in [0.25, 0.3) is 5.56 Å². The number of aryl methyl sites for hydroxylation is 1. The van der Waals surface area contributed by atoms with Crippen LogP contribution in [-0.4, -0.2) is 29.3 Å². The predicted molar refractivity (Wildman–Crippen MR) is 111 cm³/mol. The number of nitrogens with zero attached hydrogens (tertiary/aromatic N) is 2. The van der Waals surface area contributed by atoms with Crippen LogP contribution in [0.15, 0.2) is 46.0 Å². The molecule has 152 valence electrons. The largest absolute Gasteiger partial charge is 0.493 e. The molecule has 2 aromatic carbocycles. The molecule has 0 spiro atoms. The highest BCUT2D eigenvalue weighted by Crippen LogP contribution is 2.32. The topological polar surface area (TPSA) is 91.6 Å². The molecule has 0 aliphatic rings. The molecule has 0 saturated heterocycles. The zero-order valence-electron chi connectivity index (χ0n) is 16.8. The minimum atomic E-state index is -0.518. The maximum atomic E-state index is 12.8. The van der Waals surface area contributed by atoms with Gasteiger partial charge in [-0.25, -0.2) is 4.79 Å². The van der Waals surface area contributed by atoms with E-state index in [1.807, 2.05) is 6.92 Å². The first kappa shape index (κ1) is 20.2. The summed E-state index contributed by atoms with van der Waals surface area (Å²) in [4.78, 5) is 38.0. The maximum absolute atomic E-state index is 12.8. The Kier molecular flexibility index (Phi) is 5.72. The van der Waals surface area contributed by atoms with Gasteiger partial charge in [-0.1, -0.05) is 12.1 Å². The quantitative estimate of drug-likeness (QED) is 0.688. The number of para-hydroxylation sites is 1. The van der Waals surface area contributed by atoms with Gasteiger partial charge in [-0.15, -0.1) is 0 Å². The molecule has 8 nitrogen and oxygen atoms in total. The molecule has 1 heterocycles. The number of nitrogens with one attached hydrogen (secondary N) is 1. The first-order chi connectivity index (χ1) is 13.9. The Morgan fingerprint density at radius 2 is 1.69 bits per heavy atom. The SMILES string of the molecule is CCn1c(=O)c2ccccc2n(CC(=O)Nc2cc(OC)c(OC)cc2C)c1=O. The van der Waals surface area contributed by atoms with Gasteiger partial charge in [-0.2, -0.15) is 0 Å². The molecule has 3 aromatic rings. The fourth-order valence-electron chi connectivity index (χ4n) is 3.25. The van der Waals surface area contributed by atoms with Crippen molar-refractivity contribution in [3.8, 4) is 11.5 Å². The van der Waals surface area contributed by atoms with E-state index in [1.165, 1.54) is 18.8 Å². The van der Waals surface area contributed by atoms with E-state index in [0.29, 0.717) is 28.1 Å². The number of anilines is 1. The average molecular weight is 397 g/mol. The lowest BCUT2D eigenvalue weighted by Gasteiger charge is -2.15. The van der Waals surface area contributed by atoms with E-state index in [2.05, 4.69) is 5.32 Å². The molecule has 0 aliphatic carbocycles. The first-order valence-corrected chi connectivity index (χ1v) is 9.16. The summed E-state index contributed by atoms with van der Waals surface area (Å²) in [6.07, 6.45) is 0. The van der Waals surface area contributed by atoms with Gasteiger partial charge in [0, 0.05) is 18.3 Å². The summed E-state index contributed by atoms with van der Waals surface area (Å²) in [6.45, 7) is 3.54. The zero-order valence-corrected chi connectivity index (χ0v) is 16.8. The Bertz CT molecular complexity index is 1190. The number of carbonyl (C=O) groups is 1. The van der Waals surface area contributed by atoms with E-state index in [1.54, 1.807) is 43.3 Å². The van der Waals surface area contributed by atoms with E-state index in [-0.39, 0.29) is 18.6 Å². The van der Waals surface area contributed by atoms with Crippen LogP contribution in [0.25, 0.3) is 10.9 Å². The minimum Gasteiger partial charge on any atom is -0.493 e. The molecule has 1 N–H and O–H groups in total. The molecule has 29 heavy (non-hydrogen) atoms. The van der Waals surface area contributed by atoms with Crippen molar-refractivity contribution in [1.29, 1.82) is 0 Å². The zero-order chi connectivity index (χ0) is 21.1. The van der Waals surface area contributed by atoms with Gasteiger partial charge in [0.2, 0.25) is 5.91 Å². The Morgan fingerprint density at radius 3 is 2.34 bits per heavy atom. The fraction of sp³-hybridized carbons (Fsp3) is 0.286. The van der Waals surface area contributed by atoms with Crippen LogP contribution in [-0.2, 0) is 17.9 Å². The molecule has 0 saturated carbocycles. The number of amides is 1. The van der Waals surface area contributed by atoms with Gasteiger partial charge in [-0.3, -0.25) is 18.7 Å². The Hall–Kier alpha value is -3.55. The average Bonchev–Trinajstić information content (AvgIpc) is 2.72. The number of aromatic nitrogens is 2. The molecule has 3 rings (SSSR count). The highest BCUT2D eigenvalue weighted by molar-refractivity contribution is 5.92. The van der Waals surface area contributed by atoms with Gasteiger partial charge < -0.3 is 14.8 Å². The molecule has 1 amide bonds.